The molecule has 0 aromatic heterocycles. The first-order valence-corrected chi connectivity index (χ1v) is 10.7. The van der Waals surface area contributed by atoms with Crippen molar-refractivity contribution in [3.8, 4) is 11.8 Å². The predicted molar refractivity (Wildman–Crippen MR) is 93.3 cm³/mol. The van der Waals surface area contributed by atoms with Crippen molar-refractivity contribution in [3.63, 3.8) is 0 Å². The minimum Gasteiger partial charge on any atom is -0.0919 e. The molecule has 0 unspecified atom stereocenters. The molecule has 104 valence electrons. The normalized spacial score (nSPS) is 12.1. The molecule has 0 spiro atoms. The minimum absolute atomic E-state index is 0.0354. The summed E-state index contributed by atoms with van der Waals surface area (Å²) in [5.41, 5.74) is 1.28. The van der Waals surface area contributed by atoms with Crippen molar-refractivity contribution in [2.75, 3.05) is 0 Å². The molecule has 0 radical (unpaired) electrons. The molecule has 0 amide bonds. The molecule has 2 aromatic carbocycles. The van der Waals surface area contributed by atoms with Crippen LogP contribution in [0.4, 0.5) is 0 Å². The molecule has 2 aromatic rings. The van der Waals surface area contributed by atoms with Crippen molar-refractivity contribution >= 4 is 24.0 Å². The van der Waals surface area contributed by atoms with E-state index in [1.165, 1.54) is 21.5 Å². The van der Waals surface area contributed by atoms with Gasteiger partial charge in [0, 0.05) is 11.0 Å². The Morgan fingerprint density at radius 1 is 0.900 bits per heavy atom. The van der Waals surface area contributed by atoms with Crippen LogP contribution in [0, 0.1) is 17.3 Å². The van der Waals surface area contributed by atoms with Gasteiger partial charge in [-0.05, 0) is 36.7 Å². The van der Waals surface area contributed by atoms with Crippen LogP contribution in [0.5, 0.6) is 0 Å². The Morgan fingerprint density at radius 3 is 2.15 bits per heavy atom. The summed E-state index contributed by atoms with van der Waals surface area (Å²) in [6, 6.07) is 13.1. The molecule has 0 aliphatic rings. The van der Waals surface area contributed by atoms with Gasteiger partial charge in [0.15, 0.2) is 0 Å². The van der Waals surface area contributed by atoms with Gasteiger partial charge in [-0.25, -0.2) is 0 Å². The number of hydrogen-bond donors (Lipinski definition) is 0. The third-order valence-electron chi connectivity index (χ3n) is 3.30. The van der Waals surface area contributed by atoms with Crippen LogP contribution in [0.25, 0.3) is 10.8 Å². The van der Waals surface area contributed by atoms with Crippen LogP contribution in [0.2, 0.25) is 19.6 Å². The fourth-order valence-electron chi connectivity index (χ4n) is 2.28. The first kappa shape index (κ1) is 14.9. The first-order valence-electron chi connectivity index (χ1n) is 7.24. The van der Waals surface area contributed by atoms with Gasteiger partial charge in [-0.3, -0.25) is 0 Å². The third-order valence-corrected chi connectivity index (χ3v) is 5.33. The lowest BCUT2D eigenvalue weighted by Gasteiger charge is -2.20. The number of fused-ring (bicyclic) bond motifs is 1. The van der Waals surface area contributed by atoms with E-state index >= 15 is 0 Å². The van der Waals surface area contributed by atoms with E-state index in [-0.39, 0.29) is 5.41 Å². The molecular weight excluding hydrogens is 256 g/mol. The smallest absolute Gasteiger partial charge is 0.0792 e. The molecule has 0 fully saturated rings. The van der Waals surface area contributed by atoms with Gasteiger partial charge in [-0.15, -0.1) is 0 Å². The van der Waals surface area contributed by atoms with E-state index in [9.17, 15) is 0 Å². The monoisotopic (exact) mass is 280 g/mol. The molecule has 0 aliphatic heterocycles. The lowest BCUT2D eigenvalue weighted by molar-refractivity contribution is 0.571. The topological polar surface area (TPSA) is 0 Å². The molecule has 0 heterocycles. The minimum atomic E-state index is -1.39. The third kappa shape index (κ3) is 3.32. The van der Waals surface area contributed by atoms with Gasteiger partial charge < -0.3 is 0 Å². The van der Waals surface area contributed by atoms with E-state index in [1.807, 2.05) is 0 Å². The predicted octanol–water partition coefficient (Wildman–Crippen LogP) is 4.78. The van der Waals surface area contributed by atoms with E-state index in [2.05, 4.69) is 88.7 Å². The summed E-state index contributed by atoms with van der Waals surface area (Å²) in [5, 5.41) is 4.05. The maximum Gasteiger partial charge on any atom is 0.0792 e. The molecule has 0 N–H and O–H groups in total. The van der Waals surface area contributed by atoms with Crippen molar-refractivity contribution in [3.05, 3.63) is 42.0 Å². The van der Waals surface area contributed by atoms with Crippen molar-refractivity contribution in [2.24, 2.45) is 5.41 Å². The van der Waals surface area contributed by atoms with E-state index in [4.69, 9.17) is 0 Å². The Bertz CT molecular complexity index is 685. The highest BCUT2D eigenvalue weighted by Crippen LogP contribution is 2.20. The van der Waals surface area contributed by atoms with Gasteiger partial charge in [0.2, 0.25) is 0 Å². The van der Waals surface area contributed by atoms with Crippen LogP contribution in [0.3, 0.4) is 0 Å². The Morgan fingerprint density at radius 2 is 1.55 bits per heavy atom. The molecular formula is C19H24Si. The van der Waals surface area contributed by atoms with Crippen molar-refractivity contribution in [2.45, 2.75) is 40.4 Å². The summed E-state index contributed by atoms with van der Waals surface area (Å²) in [6.45, 7) is 13.7. The molecule has 0 atom stereocenters. The Kier molecular flexibility index (Phi) is 3.80. The number of benzene rings is 2. The van der Waals surface area contributed by atoms with Gasteiger partial charge in [-0.2, -0.15) is 0 Å². The van der Waals surface area contributed by atoms with Gasteiger partial charge in [0.1, 0.15) is 0 Å². The zero-order valence-corrected chi connectivity index (χ0v) is 14.5. The fraction of sp³-hybridized carbons (Fsp3) is 0.368. The van der Waals surface area contributed by atoms with E-state index < -0.39 is 8.07 Å². The maximum absolute atomic E-state index is 3.49. The van der Waals surface area contributed by atoms with Gasteiger partial charge >= 0.3 is 0 Å². The Balaban J connectivity index is 2.77. The summed E-state index contributed by atoms with van der Waals surface area (Å²) < 4.78 is 0. The van der Waals surface area contributed by atoms with Crippen molar-refractivity contribution in [1.29, 1.82) is 0 Å². The van der Waals surface area contributed by atoms with Crippen molar-refractivity contribution in [1.82, 2.24) is 0 Å². The largest absolute Gasteiger partial charge is 0.0919 e. The number of hydrogen-bond acceptors (Lipinski definition) is 0. The fourth-order valence-corrected chi connectivity index (χ4v) is 3.81. The first-order chi connectivity index (χ1) is 9.18. The summed E-state index contributed by atoms with van der Waals surface area (Å²) in [6.07, 6.45) is 0. The van der Waals surface area contributed by atoms with Crippen LogP contribution in [0.1, 0.15) is 26.3 Å². The van der Waals surface area contributed by atoms with E-state index in [0.29, 0.717) is 0 Å². The zero-order chi connectivity index (χ0) is 15.0. The highest BCUT2D eigenvalue weighted by atomic mass is 28.3. The van der Waals surface area contributed by atoms with Gasteiger partial charge in [0.05, 0.1) is 8.07 Å². The second-order valence-corrected chi connectivity index (χ2v) is 12.5. The van der Waals surface area contributed by atoms with Gasteiger partial charge in [0.25, 0.3) is 0 Å². The standard InChI is InChI=1S/C19H24Si/c1-19(2,3)14-13-17-16-10-8-7-9-15(16)11-12-18(17)20(4,5)6/h7-12H,1-6H3. The SMILES string of the molecule is CC(C)(C)C#Cc1c([Si](C)(C)C)ccc2ccccc12. The quantitative estimate of drug-likeness (QED) is 0.521. The maximum atomic E-state index is 3.49. The lowest BCUT2D eigenvalue weighted by atomic mass is 9.96. The Hall–Kier alpha value is -1.52. The summed E-state index contributed by atoms with van der Waals surface area (Å²) in [7, 11) is -1.39. The molecule has 2 rings (SSSR count). The van der Waals surface area contributed by atoms with E-state index in [0.717, 1.165) is 0 Å². The second-order valence-electron chi connectivity index (χ2n) is 7.46. The molecule has 0 saturated carbocycles. The van der Waals surface area contributed by atoms with Gasteiger partial charge in [-0.1, -0.05) is 67.9 Å². The van der Waals surface area contributed by atoms with Crippen LogP contribution in [-0.2, 0) is 0 Å². The summed E-state index contributed by atoms with van der Waals surface area (Å²) in [5.74, 6) is 6.90. The molecule has 0 aliphatic carbocycles. The van der Waals surface area contributed by atoms with Crippen LogP contribution in [0.15, 0.2) is 36.4 Å². The summed E-state index contributed by atoms with van der Waals surface area (Å²) in [4.78, 5) is 0. The van der Waals surface area contributed by atoms with Crippen LogP contribution < -0.4 is 5.19 Å². The number of rotatable bonds is 1. The van der Waals surface area contributed by atoms with E-state index in [1.54, 1.807) is 0 Å². The highest BCUT2D eigenvalue weighted by Gasteiger charge is 2.21. The average Bonchev–Trinajstić information content (AvgIpc) is 2.33. The lowest BCUT2D eigenvalue weighted by Crippen LogP contribution is -2.39. The average molecular weight is 280 g/mol. The zero-order valence-electron chi connectivity index (χ0n) is 13.5. The van der Waals surface area contributed by atoms with Crippen LogP contribution in [-0.4, -0.2) is 8.07 Å². The highest BCUT2D eigenvalue weighted by molar-refractivity contribution is 6.89. The van der Waals surface area contributed by atoms with Crippen molar-refractivity contribution < 1.29 is 0 Å². The Labute approximate surface area is 124 Å². The molecule has 0 saturated heterocycles. The molecule has 1 heteroatoms. The molecule has 0 nitrogen and oxygen atoms in total. The molecule has 20 heavy (non-hydrogen) atoms. The molecule has 0 bridgehead atoms. The second kappa shape index (κ2) is 5.11. The summed E-state index contributed by atoms with van der Waals surface area (Å²) >= 11 is 0. The van der Waals surface area contributed by atoms with Crippen LogP contribution >= 0.6 is 0 Å².